The monoisotopic (exact) mass is 296 g/mol. The molecule has 116 valence electrons. The Morgan fingerprint density at radius 3 is 2.57 bits per heavy atom. The number of carboxylic acids is 1. The van der Waals surface area contributed by atoms with Crippen LogP contribution in [0.25, 0.3) is 0 Å². The molecule has 0 fully saturated rings. The van der Waals surface area contributed by atoms with Gasteiger partial charge in [0.1, 0.15) is 5.75 Å². The number of carboxylic acid groups (broad SMARTS) is 1. The molecule has 2 amide bonds. The van der Waals surface area contributed by atoms with Crippen molar-refractivity contribution in [3.63, 3.8) is 0 Å². The molecule has 0 spiro atoms. The van der Waals surface area contributed by atoms with Crippen LogP contribution in [-0.2, 0) is 4.74 Å². The average molecular weight is 296 g/mol. The first-order valence-electron chi connectivity index (χ1n) is 6.49. The Morgan fingerprint density at radius 2 is 2.05 bits per heavy atom. The summed E-state index contributed by atoms with van der Waals surface area (Å²) in [6.45, 7) is 2.30. The van der Waals surface area contributed by atoms with Crippen LogP contribution in [0, 0.1) is 0 Å². The second-order valence-corrected chi connectivity index (χ2v) is 4.38. The van der Waals surface area contributed by atoms with Gasteiger partial charge < -0.3 is 25.2 Å². The summed E-state index contributed by atoms with van der Waals surface area (Å²) < 4.78 is 10.0. The third kappa shape index (κ3) is 4.96. The summed E-state index contributed by atoms with van der Waals surface area (Å²) in [5.41, 5.74) is 0.164. The van der Waals surface area contributed by atoms with Gasteiger partial charge in [-0.1, -0.05) is 6.92 Å². The van der Waals surface area contributed by atoms with Crippen molar-refractivity contribution < 1.29 is 24.2 Å². The van der Waals surface area contributed by atoms with Crippen LogP contribution in [0.15, 0.2) is 18.2 Å². The topological polar surface area (TPSA) is 96.9 Å². The van der Waals surface area contributed by atoms with Gasteiger partial charge in [-0.15, -0.1) is 0 Å². The Labute approximate surface area is 123 Å². The van der Waals surface area contributed by atoms with Crippen molar-refractivity contribution in [2.45, 2.75) is 19.4 Å². The van der Waals surface area contributed by atoms with E-state index in [0.29, 0.717) is 18.8 Å². The molecule has 0 radical (unpaired) electrons. The number of amides is 2. The molecular weight excluding hydrogens is 276 g/mol. The zero-order chi connectivity index (χ0) is 15.8. The van der Waals surface area contributed by atoms with Crippen LogP contribution in [-0.4, -0.2) is 44.0 Å². The van der Waals surface area contributed by atoms with Crippen LogP contribution in [0.3, 0.4) is 0 Å². The van der Waals surface area contributed by atoms with Gasteiger partial charge in [-0.2, -0.15) is 0 Å². The molecule has 1 rings (SSSR count). The molecule has 0 aromatic heterocycles. The Kier molecular flexibility index (Phi) is 6.48. The van der Waals surface area contributed by atoms with E-state index in [2.05, 4.69) is 10.6 Å². The Balaban J connectivity index is 2.85. The van der Waals surface area contributed by atoms with E-state index in [9.17, 15) is 9.59 Å². The maximum atomic E-state index is 11.9. The van der Waals surface area contributed by atoms with Crippen molar-refractivity contribution in [3.05, 3.63) is 23.8 Å². The van der Waals surface area contributed by atoms with Gasteiger partial charge in [-0.3, -0.25) is 0 Å². The van der Waals surface area contributed by atoms with E-state index in [1.54, 1.807) is 7.11 Å². The van der Waals surface area contributed by atoms with Crippen LogP contribution in [0.1, 0.15) is 23.7 Å². The number of carbonyl (C=O) groups is 2. The second-order valence-electron chi connectivity index (χ2n) is 4.38. The number of urea groups is 1. The van der Waals surface area contributed by atoms with E-state index in [0.717, 1.165) is 0 Å². The van der Waals surface area contributed by atoms with Gasteiger partial charge in [-0.25, -0.2) is 9.59 Å². The summed E-state index contributed by atoms with van der Waals surface area (Å²) in [7, 11) is 3.01. The Morgan fingerprint density at radius 1 is 1.33 bits per heavy atom. The van der Waals surface area contributed by atoms with Crippen molar-refractivity contribution in [1.82, 2.24) is 5.32 Å². The van der Waals surface area contributed by atoms with Crippen molar-refractivity contribution in [3.8, 4) is 5.75 Å². The molecule has 0 bridgehead atoms. The summed E-state index contributed by atoms with van der Waals surface area (Å²) in [4.78, 5) is 23.1. The third-order valence-corrected chi connectivity index (χ3v) is 2.90. The fourth-order valence-electron chi connectivity index (χ4n) is 1.75. The maximum Gasteiger partial charge on any atom is 0.337 e. The molecule has 7 heteroatoms. The molecule has 0 aliphatic rings. The highest BCUT2D eigenvalue weighted by Gasteiger charge is 2.15. The minimum atomic E-state index is -1.13. The standard InChI is InChI=1S/C14H20N2O5/c1-4-9(8-20-2)15-14(19)16-12-7-10(21-3)5-6-11(12)13(17)18/h5-7,9H,4,8H2,1-3H3,(H,17,18)(H2,15,16,19). The summed E-state index contributed by atoms with van der Waals surface area (Å²) in [6.07, 6.45) is 0.700. The van der Waals surface area contributed by atoms with E-state index >= 15 is 0 Å². The number of methoxy groups -OCH3 is 2. The molecule has 1 atom stereocenters. The van der Waals surface area contributed by atoms with E-state index in [1.165, 1.54) is 25.3 Å². The number of hydrogen-bond donors (Lipinski definition) is 3. The van der Waals surface area contributed by atoms with Crippen LogP contribution in [0.5, 0.6) is 5.75 Å². The van der Waals surface area contributed by atoms with Gasteiger partial charge in [0.05, 0.1) is 31.0 Å². The molecular formula is C14H20N2O5. The van der Waals surface area contributed by atoms with E-state index in [-0.39, 0.29) is 17.3 Å². The van der Waals surface area contributed by atoms with Gasteiger partial charge in [-0.05, 0) is 18.6 Å². The number of nitrogens with one attached hydrogen (secondary N) is 2. The summed E-state index contributed by atoms with van der Waals surface area (Å²) in [5, 5.41) is 14.4. The molecule has 1 aromatic rings. The number of carbonyl (C=O) groups excluding carboxylic acids is 1. The van der Waals surface area contributed by atoms with E-state index in [1.807, 2.05) is 6.92 Å². The summed E-state index contributed by atoms with van der Waals surface area (Å²) >= 11 is 0. The van der Waals surface area contributed by atoms with E-state index < -0.39 is 12.0 Å². The SMILES string of the molecule is CCC(COC)NC(=O)Nc1cc(OC)ccc1C(=O)O. The predicted octanol–water partition coefficient (Wildman–Crippen LogP) is 1.94. The number of rotatable bonds is 7. The number of aromatic carboxylic acids is 1. The van der Waals surface area contributed by atoms with E-state index in [4.69, 9.17) is 14.6 Å². The van der Waals surface area contributed by atoms with Crippen molar-refractivity contribution in [1.29, 1.82) is 0 Å². The van der Waals surface area contributed by atoms with Gasteiger partial charge in [0.15, 0.2) is 0 Å². The Hall–Kier alpha value is -2.28. The molecule has 21 heavy (non-hydrogen) atoms. The lowest BCUT2D eigenvalue weighted by Crippen LogP contribution is -2.40. The van der Waals surface area contributed by atoms with Gasteiger partial charge in [0, 0.05) is 13.2 Å². The fourth-order valence-corrected chi connectivity index (χ4v) is 1.75. The van der Waals surface area contributed by atoms with Crippen molar-refractivity contribution >= 4 is 17.7 Å². The molecule has 0 heterocycles. The molecule has 0 aliphatic heterocycles. The first-order valence-corrected chi connectivity index (χ1v) is 6.49. The van der Waals surface area contributed by atoms with Crippen LogP contribution in [0.2, 0.25) is 0 Å². The van der Waals surface area contributed by atoms with Gasteiger partial charge >= 0.3 is 12.0 Å². The molecule has 1 unspecified atom stereocenters. The number of anilines is 1. The summed E-state index contributed by atoms with van der Waals surface area (Å²) in [6, 6.07) is 3.72. The molecule has 0 aliphatic carbocycles. The van der Waals surface area contributed by atoms with Crippen molar-refractivity contribution in [2.75, 3.05) is 26.1 Å². The normalized spacial score (nSPS) is 11.6. The molecule has 1 aromatic carbocycles. The zero-order valence-corrected chi connectivity index (χ0v) is 12.3. The number of benzene rings is 1. The molecule has 0 saturated heterocycles. The number of ether oxygens (including phenoxy) is 2. The predicted molar refractivity (Wildman–Crippen MR) is 78.1 cm³/mol. The zero-order valence-electron chi connectivity index (χ0n) is 12.3. The molecule has 7 nitrogen and oxygen atoms in total. The smallest absolute Gasteiger partial charge is 0.337 e. The largest absolute Gasteiger partial charge is 0.497 e. The lowest BCUT2D eigenvalue weighted by molar-refractivity contribution is 0.0698. The van der Waals surface area contributed by atoms with Gasteiger partial charge in [0.25, 0.3) is 0 Å². The highest BCUT2D eigenvalue weighted by atomic mass is 16.5. The second kappa shape index (κ2) is 8.11. The van der Waals surface area contributed by atoms with Crippen LogP contribution >= 0.6 is 0 Å². The lowest BCUT2D eigenvalue weighted by atomic mass is 10.1. The molecule has 3 N–H and O–H groups in total. The van der Waals surface area contributed by atoms with Crippen molar-refractivity contribution in [2.24, 2.45) is 0 Å². The fraction of sp³-hybridized carbons (Fsp3) is 0.429. The Bertz CT molecular complexity index is 504. The first kappa shape index (κ1) is 16.8. The average Bonchev–Trinajstić information content (AvgIpc) is 2.46. The maximum absolute atomic E-state index is 11.9. The highest BCUT2D eigenvalue weighted by molar-refractivity contribution is 6.00. The van der Waals surface area contributed by atoms with Crippen LogP contribution < -0.4 is 15.4 Å². The molecule has 0 saturated carbocycles. The quantitative estimate of drug-likeness (QED) is 0.714. The first-order chi connectivity index (χ1) is 10.0. The van der Waals surface area contributed by atoms with Gasteiger partial charge in [0.2, 0.25) is 0 Å². The minimum Gasteiger partial charge on any atom is -0.497 e. The third-order valence-electron chi connectivity index (χ3n) is 2.90. The van der Waals surface area contributed by atoms with Crippen LogP contribution in [0.4, 0.5) is 10.5 Å². The number of hydrogen-bond acceptors (Lipinski definition) is 4. The lowest BCUT2D eigenvalue weighted by Gasteiger charge is -2.17. The summed E-state index contributed by atoms with van der Waals surface area (Å²) in [5.74, 6) is -0.670. The minimum absolute atomic E-state index is 0.00857. The highest BCUT2D eigenvalue weighted by Crippen LogP contribution is 2.22.